The maximum atomic E-state index is 11.6. The Bertz CT molecular complexity index is 477. The Morgan fingerprint density at radius 3 is 2.79 bits per heavy atom. The summed E-state index contributed by atoms with van der Waals surface area (Å²) >= 11 is 5.65. The van der Waals surface area contributed by atoms with Gasteiger partial charge < -0.3 is 15.7 Å². The van der Waals surface area contributed by atoms with Crippen molar-refractivity contribution < 1.29 is 14.8 Å². The Labute approximate surface area is 114 Å². The van der Waals surface area contributed by atoms with Crippen LogP contribution in [0.2, 0.25) is 5.02 Å². The molecule has 2 amide bonds. The first-order chi connectivity index (χ1) is 8.97. The standard InChI is InChI=1S/C11H14ClN3O4/c1-2-7(6-16)13-11(17)14-8-3-4-9(12)10(5-8)15(18)19/h3-5,7,16H,2,6H2,1H3,(H2,13,14,17). The first-order valence-corrected chi connectivity index (χ1v) is 5.98. The number of amides is 2. The van der Waals surface area contributed by atoms with Crippen LogP contribution >= 0.6 is 11.6 Å². The Balaban J connectivity index is 2.74. The van der Waals surface area contributed by atoms with Gasteiger partial charge in [0.25, 0.3) is 5.69 Å². The van der Waals surface area contributed by atoms with Crippen molar-refractivity contribution in [2.75, 3.05) is 11.9 Å². The molecule has 0 heterocycles. The maximum Gasteiger partial charge on any atom is 0.319 e. The summed E-state index contributed by atoms with van der Waals surface area (Å²) in [5.41, 5.74) is -0.0324. The number of carbonyl (C=O) groups is 1. The molecule has 1 aromatic rings. The van der Waals surface area contributed by atoms with Gasteiger partial charge in [-0.2, -0.15) is 0 Å². The number of nitro benzene ring substituents is 1. The number of aliphatic hydroxyl groups is 1. The third-order valence-corrected chi connectivity index (χ3v) is 2.77. The number of nitrogens with zero attached hydrogens (tertiary/aromatic N) is 1. The zero-order valence-electron chi connectivity index (χ0n) is 10.2. The maximum absolute atomic E-state index is 11.6. The molecule has 1 rings (SSSR count). The summed E-state index contributed by atoms with van der Waals surface area (Å²) in [5.74, 6) is 0. The van der Waals surface area contributed by atoms with E-state index in [9.17, 15) is 14.9 Å². The minimum atomic E-state index is -0.631. The van der Waals surface area contributed by atoms with E-state index in [1.54, 1.807) is 0 Å². The van der Waals surface area contributed by atoms with Gasteiger partial charge in [-0.05, 0) is 18.6 Å². The molecular formula is C11H14ClN3O4. The van der Waals surface area contributed by atoms with Crippen molar-refractivity contribution in [3.63, 3.8) is 0 Å². The highest BCUT2D eigenvalue weighted by atomic mass is 35.5. The molecule has 0 saturated carbocycles. The number of benzene rings is 1. The van der Waals surface area contributed by atoms with Crippen LogP contribution in [0.1, 0.15) is 13.3 Å². The first-order valence-electron chi connectivity index (χ1n) is 5.60. The molecule has 0 radical (unpaired) electrons. The second-order valence-corrected chi connectivity index (χ2v) is 4.22. The molecule has 0 aromatic heterocycles. The number of aliphatic hydroxyl groups excluding tert-OH is 1. The van der Waals surface area contributed by atoms with Gasteiger partial charge in [-0.25, -0.2) is 4.79 Å². The zero-order valence-corrected chi connectivity index (χ0v) is 11.0. The van der Waals surface area contributed by atoms with Crippen molar-refractivity contribution in [1.29, 1.82) is 0 Å². The predicted octanol–water partition coefficient (Wildman–Crippen LogP) is 2.14. The zero-order chi connectivity index (χ0) is 14.4. The molecule has 1 atom stereocenters. The van der Waals surface area contributed by atoms with Crippen LogP contribution in [0.3, 0.4) is 0 Å². The van der Waals surface area contributed by atoms with Crippen LogP contribution in [0.15, 0.2) is 18.2 Å². The number of anilines is 1. The van der Waals surface area contributed by atoms with E-state index in [0.29, 0.717) is 6.42 Å². The fourth-order valence-electron chi connectivity index (χ4n) is 1.36. The number of urea groups is 1. The smallest absolute Gasteiger partial charge is 0.319 e. The van der Waals surface area contributed by atoms with Gasteiger partial charge in [0.15, 0.2) is 0 Å². The van der Waals surface area contributed by atoms with Gasteiger partial charge in [-0.3, -0.25) is 10.1 Å². The number of hydrogen-bond donors (Lipinski definition) is 3. The summed E-state index contributed by atoms with van der Waals surface area (Å²) in [6.07, 6.45) is 0.574. The van der Waals surface area contributed by atoms with Crippen LogP contribution in [0.25, 0.3) is 0 Å². The van der Waals surface area contributed by atoms with Crippen molar-refractivity contribution in [2.24, 2.45) is 0 Å². The summed E-state index contributed by atoms with van der Waals surface area (Å²) in [7, 11) is 0. The van der Waals surface area contributed by atoms with E-state index in [2.05, 4.69) is 10.6 Å². The van der Waals surface area contributed by atoms with Crippen LogP contribution < -0.4 is 10.6 Å². The number of carbonyl (C=O) groups excluding carboxylic acids is 1. The second kappa shape index (κ2) is 6.91. The van der Waals surface area contributed by atoms with Gasteiger partial charge in [-0.15, -0.1) is 0 Å². The molecule has 0 aliphatic heterocycles. The molecule has 0 saturated heterocycles. The highest BCUT2D eigenvalue weighted by molar-refractivity contribution is 6.32. The second-order valence-electron chi connectivity index (χ2n) is 3.81. The van der Waals surface area contributed by atoms with Crippen LogP contribution in [0, 0.1) is 10.1 Å². The molecule has 7 nitrogen and oxygen atoms in total. The summed E-state index contributed by atoms with van der Waals surface area (Å²) in [4.78, 5) is 21.6. The van der Waals surface area contributed by atoms with Crippen molar-refractivity contribution in [1.82, 2.24) is 5.32 Å². The number of rotatable bonds is 5. The van der Waals surface area contributed by atoms with E-state index in [0.717, 1.165) is 0 Å². The molecule has 1 aromatic carbocycles. The average molecular weight is 288 g/mol. The summed E-state index contributed by atoms with van der Waals surface area (Å²) in [6.45, 7) is 1.64. The Kier molecular flexibility index (Phi) is 5.53. The molecule has 1 unspecified atom stereocenters. The molecule has 19 heavy (non-hydrogen) atoms. The van der Waals surface area contributed by atoms with Crippen molar-refractivity contribution in [3.8, 4) is 0 Å². The lowest BCUT2D eigenvalue weighted by atomic mass is 10.2. The molecule has 0 aliphatic carbocycles. The quantitative estimate of drug-likeness (QED) is 0.570. The SMILES string of the molecule is CCC(CO)NC(=O)Nc1ccc(Cl)c([N+](=O)[O-])c1. The summed E-state index contributed by atoms with van der Waals surface area (Å²) < 4.78 is 0. The lowest BCUT2D eigenvalue weighted by Gasteiger charge is -2.14. The summed E-state index contributed by atoms with van der Waals surface area (Å²) in [5, 5.41) is 24.6. The van der Waals surface area contributed by atoms with E-state index in [1.165, 1.54) is 18.2 Å². The largest absolute Gasteiger partial charge is 0.394 e. The Morgan fingerprint density at radius 2 is 2.26 bits per heavy atom. The molecule has 8 heteroatoms. The molecule has 0 fully saturated rings. The third-order valence-electron chi connectivity index (χ3n) is 2.45. The molecular weight excluding hydrogens is 274 g/mol. The van der Waals surface area contributed by atoms with E-state index in [1.807, 2.05) is 6.92 Å². The van der Waals surface area contributed by atoms with Gasteiger partial charge >= 0.3 is 6.03 Å². The fraction of sp³-hybridized carbons (Fsp3) is 0.364. The van der Waals surface area contributed by atoms with Gasteiger partial charge in [0.2, 0.25) is 0 Å². The molecule has 0 bridgehead atoms. The van der Waals surface area contributed by atoms with Crippen molar-refractivity contribution in [2.45, 2.75) is 19.4 Å². The average Bonchev–Trinajstić information content (AvgIpc) is 2.37. The number of halogens is 1. The topological polar surface area (TPSA) is 104 Å². The monoisotopic (exact) mass is 287 g/mol. The van der Waals surface area contributed by atoms with Crippen LogP contribution in [0.5, 0.6) is 0 Å². The Hall–Kier alpha value is -1.86. The Morgan fingerprint density at radius 1 is 1.58 bits per heavy atom. The summed E-state index contributed by atoms with van der Waals surface area (Å²) in [6, 6.07) is 3.05. The van der Waals surface area contributed by atoms with E-state index in [4.69, 9.17) is 16.7 Å². The van der Waals surface area contributed by atoms with E-state index >= 15 is 0 Å². The number of hydrogen-bond acceptors (Lipinski definition) is 4. The van der Waals surface area contributed by atoms with E-state index in [-0.39, 0.29) is 29.0 Å². The third kappa shape index (κ3) is 4.38. The van der Waals surface area contributed by atoms with Gasteiger partial charge in [-0.1, -0.05) is 18.5 Å². The molecule has 104 valence electrons. The minimum Gasteiger partial charge on any atom is -0.394 e. The molecule has 0 spiro atoms. The van der Waals surface area contributed by atoms with Crippen LogP contribution in [-0.4, -0.2) is 28.7 Å². The fourth-order valence-corrected chi connectivity index (χ4v) is 1.55. The molecule has 0 aliphatic rings. The van der Waals surface area contributed by atoms with Gasteiger partial charge in [0, 0.05) is 11.8 Å². The van der Waals surface area contributed by atoms with Gasteiger partial charge in [0.05, 0.1) is 17.6 Å². The van der Waals surface area contributed by atoms with Crippen molar-refractivity contribution >= 4 is 29.0 Å². The predicted molar refractivity (Wildman–Crippen MR) is 71.4 cm³/mol. The molecule has 3 N–H and O–H groups in total. The van der Waals surface area contributed by atoms with Crippen LogP contribution in [-0.2, 0) is 0 Å². The van der Waals surface area contributed by atoms with Crippen molar-refractivity contribution in [3.05, 3.63) is 33.3 Å². The lowest BCUT2D eigenvalue weighted by Crippen LogP contribution is -2.39. The highest BCUT2D eigenvalue weighted by Crippen LogP contribution is 2.27. The number of nitrogens with one attached hydrogen (secondary N) is 2. The van der Waals surface area contributed by atoms with Gasteiger partial charge in [0.1, 0.15) is 5.02 Å². The first kappa shape index (κ1) is 15.2. The highest BCUT2D eigenvalue weighted by Gasteiger charge is 2.14. The van der Waals surface area contributed by atoms with E-state index < -0.39 is 11.0 Å². The van der Waals surface area contributed by atoms with Crippen LogP contribution in [0.4, 0.5) is 16.2 Å². The number of nitro groups is 1. The normalized spacial score (nSPS) is 11.7. The minimum absolute atomic E-state index is 0.00208. The lowest BCUT2D eigenvalue weighted by molar-refractivity contribution is -0.384.